The zero-order valence-corrected chi connectivity index (χ0v) is 10.7. The minimum atomic E-state index is 0.360. The molecule has 2 heterocycles. The number of nitriles is 1. The van der Waals surface area contributed by atoms with Crippen molar-refractivity contribution < 1.29 is 1.37 Å². The number of aromatic nitrogens is 1. The zero-order chi connectivity index (χ0) is 13.7. The predicted octanol–water partition coefficient (Wildman–Crippen LogP) is 4.47. The molecule has 0 bridgehead atoms. The van der Waals surface area contributed by atoms with Gasteiger partial charge in [-0.1, -0.05) is 36.4 Å². The fourth-order valence-corrected chi connectivity index (χ4v) is 3.51. The molecule has 0 fully saturated rings. The molecule has 3 heteroatoms. The molecule has 0 unspecified atom stereocenters. The van der Waals surface area contributed by atoms with E-state index in [1.165, 1.54) is 0 Å². The number of para-hydroxylation sites is 1. The van der Waals surface area contributed by atoms with Crippen LogP contribution in [0.2, 0.25) is 0 Å². The van der Waals surface area contributed by atoms with Crippen LogP contribution < -0.4 is 0 Å². The molecule has 0 N–H and O–H groups in total. The molecule has 4 aromatic rings. The van der Waals surface area contributed by atoms with E-state index in [1.54, 1.807) is 23.5 Å². The largest absolute Gasteiger partial charge is 0.237 e. The van der Waals surface area contributed by atoms with E-state index in [0.29, 0.717) is 17.1 Å². The summed E-state index contributed by atoms with van der Waals surface area (Å²) in [4.78, 5) is 5.43. The summed E-state index contributed by atoms with van der Waals surface area (Å²) in [6, 6.07) is 16.0. The fraction of sp³-hybridized carbons (Fsp3) is 0. The third-order valence-electron chi connectivity index (χ3n) is 3.26. The van der Waals surface area contributed by atoms with Gasteiger partial charge < -0.3 is 0 Å². The van der Waals surface area contributed by atoms with Crippen LogP contribution >= 0.6 is 11.3 Å². The Morgan fingerprint density at radius 2 is 1.89 bits per heavy atom. The molecule has 0 spiro atoms. The third-order valence-corrected chi connectivity index (χ3v) is 4.32. The van der Waals surface area contributed by atoms with Gasteiger partial charge in [0.15, 0.2) is 0 Å². The van der Waals surface area contributed by atoms with Gasteiger partial charge in [0, 0.05) is 20.9 Å². The minimum absolute atomic E-state index is 0.360. The Kier molecular flexibility index (Phi) is 1.88. The van der Waals surface area contributed by atoms with Gasteiger partial charge in [0.25, 0.3) is 0 Å². The third kappa shape index (κ3) is 1.38. The number of hydrogen-bond donors (Lipinski definition) is 0. The van der Waals surface area contributed by atoms with E-state index in [9.17, 15) is 5.26 Å². The summed E-state index contributed by atoms with van der Waals surface area (Å²) >= 11 is 1.57. The van der Waals surface area contributed by atoms with Crippen molar-refractivity contribution in [1.82, 2.24) is 4.98 Å². The maximum Gasteiger partial charge on any atom is 0.126 e. The standard InChI is InChI=1S/C16H8N2S/c17-9-12-10-5-1-3-7-13(10)18-16-15(12)11-6-2-4-8-14(11)19-16/h1-8H/i7D. The quantitative estimate of drug-likeness (QED) is 0.468. The average molecular weight is 261 g/mol. The SMILES string of the molecule is [2H]c1cccc2c(C#N)c3c(nc12)sc1ccccc13. The van der Waals surface area contributed by atoms with Gasteiger partial charge in [-0.25, -0.2) is 4.98 Å². The highest BCUT2D eigenvalue weighted by Crippen LogP contribution is 2.37. The minimum Gasteiger partial charge on any atom is -0.237 e. The first-order valence-corrected chi connectivity index (χ1v) is 6.72. The number of fused-ring (bicyclic) bond motifs is 4. The Morgan fingerprint density at radius 3 is 2.79 bits per heavy atom. The highest BCUT2D eigenvalue weighted by atomic mass is 32.1. The van der Waals surface area contributed by atoms with Crippen LogP contribution in [0.5, 0.6) is 0 Å². The molecule has 2 aromatic carbocycles. The predicted molar refractivity (Wildman–Crippen MR) is 79.3 cm³/mol. The van der Waals surface area contributed by atoms with Gasteiger partial charge in [-0.15, -0.1) is 11.3 Å². The first-order valence-electron chi connectivity index (χ1n) is 6.40. The lowest BCUT2D eigenvalue weighted by molar-refractivity contribution is 1.49. The number of thiophene rings is 1. The highest BCUT2D eigenvalue weighted by molar-refractivity contribution is 7.25. The Labute approximate surface area is 114 Å². The molecule has 0 saturated carbocycles. The first-order chi connectivity index (χ1) is 9.79. The average Bonchev–Trinajstić information content (AvgIpc) is 2.84. The second-order valence-electron chi connectivity index (χ2n) is 4.31. The van der Waals surface area contributed by atoms with Gasteiger partial charge in [0.05, 0.1) is 12.5 Å². The van der Waals surface area contributed by atoms with Crippen molar-refractivity contribution in [3.8, 4) is 6.07 Å². The summed E-state index contributed by atoms with van der Waals surface area (Å²) in [7, 11) is 0. The number of rotatable bonds is 0. The van der Waals surface area contributed by atoms with E-state index in [1.807, 2.05) is 30.3 Å². The monoisotopic (exact) mass is 261 g/mol. The molecule has 4 rings (SSSR count). The molecular weight excluding hydrogens is 252 g/mol. The summed E-state index contributed by atoms with van der Waals surface area (Å²) in [5, 5.41) is 12.3. The fourth-order valence-electron chi connectivity index (χ4n) is 2.43. The lowest BCUT2D eigenvalue weighted by atomic mass is 10.0. The Morgan fingerprint density at radius 1 is 1.11 bits per heavy atom. The van der Waals surface area contributed by atoms with Gasteiger partial charge in [0.1, 0.15) is 10.9 Å². The van der Waals surface area contributed by atoms with E-state index in [4.69, 9.17) is 1.37 Å². The van der Waals surface area contributed by atoms with Crippen molar-refractivity contribution in [2.45, 2.75) is 0 Å². The summed E-state index contributed by atoms with van der Waals surface area (Å²) in [6.07, 6.45) is 0. The summed E-state index contributed by atoms with van der Waals surface area (Å²) < 4.78 is 9.10. The molecule has 19 heavy (non-hydrogen) atoms. The van der Waals surface area contributed by atoms with Crippen molar-refractivity contribution in [3.63, 3.8) is 0 Å². The smallest absolute Gasteiger partial charge is 0.126 e. The van der Waals surface area contributed by atoms with Crippen LogP contribution in [0, 0.1) is 11.3 Å². The highest BCUT2D eigenvalue weighted by Gasteiger charge is 2.13. The molecule has 0 aliphatic carbocycles. The lowest BCUT2D eigenvalue weighted by Crippen LogP contribution is -1.85. The number of nitrogens with zero attached hydrogens (tertiary/aromatic N) is 2. The summed E-state index contributed by atoms with van der Waals surface area (Å²) in [5.41, 5.74) is 1.22. The molecule has 0 aliphatic heterocycles. The lowest BCUT2D eigenvalue weighted by Gasteiger charge is -2.01. The van der Waals surface area contributed by atoms with Crippen LogP contribution in [0.3, 0.4) is 0 Å². The molecule has 0 atom stereocenters. The molecule has 88 valence electrons. The summed E-state index contributed by atoms with van der Waals surface area (Å²) in [6.45, 7) is 0. The number of hydrogen-bond acceptors (Lipinski definition) is 3. The molecular formula is C16H8N2S. The van der Waals surface area contributed by atoms with Gasteiger partial charge in [0.2, 0.25) is 0 Å². The molecule has 0 amide bonds. The van der Waals surface area contributed by atoms with Crippen LogP contribution in [0.15, 0.2) is 48.5 Å². The maximum atomic E-state index is 9.57. The van der Waals surface area contributed by atoms with Crippen molar-refractivity contribution in [2.75, 3.05) is 0 Å². The maximum absolute atomic E-state index is 9.57. The molecule has 0 aliphatic rings. The van der Waals surface area contributed by atoms with Crippen LogP contribution in [0.4, 0.5) is 0 Å². The van der Waals surface area contributed by atoms with Crippen molar-refractivity contribution in [3.05, 3.63) is 54.1 Å². The van der Waals surface area contributed by atoms with Crippen molar-refractivity contribution in [1.29, 1.82) is 5.26 Å². The second-order valence-corrected chi connectivity index (χ2v) is 5.34. The van der Waals surface area contributed by atoms with Crippen LogP contribution in [-0.4, -0.2) is 4.98 Å². The zero-order valence-electron chi connectivity index (χ0n) is 10.8. The van der Waals surface area contributed by atoms with Crippen LogP contribution in [0.25, 0.3) is 31.2 Å². The van der Waals surface area contributed by atoms with E-state index in [0.717, 1.165) is 25.7 Å². The van der Waals surface area contributed by atoms with Gasteiger partial charge >= 0.3 is 0 Å². The van der Waals surface area contributed by atoms with Gasteiger partial charge in [-0.3, -0.25) is 0 Å². The first kappa shape index (κ1) is 9.48. The number of pyridine rings is 1. The Balaban J connectivity index is 2.37. The number of benzene rings is 2. The molecule has 2 nitrogen and oxygen atoms in total. The second kappa shape index (κ2) is 3.78. The Bertz CT molecular complexity index is 1030. The Hall–Kier alpha value is -2.44. The van der Waals surface area contributed by atoms with E-state index in [-0.39, 0.29) is 0 Å². The van der Waals surface area contributed by atoms with Gasteiger partial charge in [-0.05, 0) is 12.1 Å². The molecule has 0 saturated heterocycles. The van der Waals surface area contributed by atoms with E-state index >= 15 is 0 Å². The van der Waals surface area contributed by atoms with Crippen molar-refractivity contribution >= 4 is 42.5 Å². The van der Waals surface area contributed by atoms with E-state index < -0.39 is 0 Å². The molecule has 0 radical (unpaired) electrons. The molecule has 2 aromatic heterocycles. The van der Waals surface area contributed by atoms with Gasteiger partial charge in [-0.2, -0.15) is 5.26 Å². The topological polar surface area (TPSA) is 36.7 Å². The normalized spacial score (nSPS) is 11.8. The summed E-state index contributed by atoms with van der Waals surface area (Å²) in [5.74, 6) is 0. The van der Waals surface area contributed by atoms with Crippen molar-refractivity contribution in [2.24, 2.45) is 0 Å². The van der Waals surface area contributed by atoms with Crippen LogP contribution in [-0.2, 0) is 0 Å². The van der Waals surface area contributed by atoms with E-state index in [2.05, 4.69) is 11.1 Å². The van der Waals surface area contributed by atoms with Crippen LogP contribution in [0.1, 0.15) is 6.93 Å².